The second-order valence-corrected chi connectivity index (χ2v) is 9.86. The molecule has 2 unspecified atom stereocenters. The molecular weight excluding hydrogens is 722 g/mol. The summed E-state index contributed by atoms with van der Waals surface area (Å²) in [5, 5.41) is 25.4. The van der Waals surface area contributed by atoms with E-state index in [9.17, 15) is 13.2 Å². The predicted molar refractivity (Wildman–Crippen MR) is 153 cm³/mol. The van der Waals surface area contributed by atoms with Gasteiger partial charge >= 0.3 is 6.18 Å². The maximum absolute atomic E-state index is 12.8. The quantitative estimate of drug-likeness (QED) is 0.172. The van der Waals surface area contributed by atoms with E-state index >= 15 is 0 Å². The Bertz CT molecular complexity index is 1520. The van der Waals surface area contributed by atoms with Crippen LogP contribution in [0, 0.1) is 13.0 Å². The van der Waals surface area contributed by atoms with Crippen molar-refractivity contribution < 1.29 is 47.9 Å². The van der Waals surface area contributed by atoms with Crippen LogP contribution in [0.3, 0.4) is 0 Å². The van der Waals surface area contributed by atoms with Gasteiger partial charge in [0.25, 0.3) is 0 Å². The predicted octanol–water partition coefficient (Wildman–Crippen LogP) is 8.00. The van der Waals surface area contributed by atoms with E-state index < -0.39 is 11.7 Å². The first-order valence-corrected chi connectivity index (χ1v) is 13.1. The molecule has 4 aromatic carbocycles. The summed E-state index contributed by atoms with van der Waals surface area (Å²) in [7, 11) is 0. The number of halogens is 3. The molecular formula is C33H30F3IrN2O3-. The average molecular weight is 752 g/mol. The van der Waals surface area contributed by atoms with Gasteiger partial charge in [-0.3, -0.25) is 0 Å². The van der Waals surface area contributed by atoms with Crippen molar-refractivity contribution in [3.05, 3.63) is 108 Å². The first-order chi connectivity index (χ1) is 19.5. The molecule has 0 saturated heterocycles. The molecule has 0 aliphatic rings. The summed E-state index contributed by atoms with van der Waals surface area (Å²) < 4.78 is 44.1. The second-order valence-electron chi connectivity index (χ2n) is 9.86. The first kappa shape index (κ1) is 32.9. The summed E-state index contributed by atoms with van der Waals surface area (Å²) in [4.78, 5) is 0. The minimum absolute atomic E-state index is 0. The van der Waals surface area contributed by atoms with Crippen LogP contribution in [-0.2, 0) is 26.3 Å². The van der Waals surface area contributed by atoms with Crippen LogP contribution >= 0.6 is 0 Å². The molecule has 1 aromatic heterocycles. The van der Waals surface area contributed by atoms with Crippen LogP contribution in [0.4, 0.5) is 13.2 Å². The van der Waals surface area contributed by atoms with E-state index in [0.29, 0.717) is 29.3 Å². The fraction of sp³-hybridized carbons (Fsp3) is 0.212. The smallest absolute Gasteiger partial charge is 0.416 e. The van der Waals surface area contributed by atoms with Gasteiger partial charge in [-0.25, -0.2) is 0 Å². The summed E-state index contributed by atoms with van der Waals surface area (Å²) in [6.45, 7) is 5.37. The molecule has 0 aliphatic carbocycles. The Morgan fingerprint density at radius 2 is 1.14 bits per heavy atom. The van der Waals surface area contributed by atoms with E-state index in [4.69, 9.17) is 14.6 Å². The Morgan fingerprint density at radius 1 is 0.690 bits per heavy atom. The van der Waals surface area contributed by atoms with Crippen molar-refractivity contribution in [2.75, 3.05) is 0 Å². The van der Waals surface area contributed by atoms with Crippen molar-refractivity contribution in [3.63, 3.8) is 0 Å². The molecule has 5 rings (SSSR count). The van der Waals surface area contributed by atoms with Crippen LogP contribution in [-0.4, -0.2) is 32.6 Å². The Morgan fingerprint density at radius 3 is 1.62 bits per heavy atom. The molecule has 0 fully saturated rings. The van der Waals surface area contributed by atoms with Crippen molar-refractivity contribution in [2.24, 2.45) is 0 Å². The first-order valence-electron chi connectivity index (χ1n) is 13.1. The Balaban J connectivity index is 0.000000541. The number of rotatable bonds is 6. The maximum Gasteiger partial charge on any atom is 0.416 e. The summed E-state index contributed by atoms with van der Waals surface area (Å²) in [5.41, 5.74) is 5.56. The number of aliphatic hydroxyl groups is 2. The van der Waals surface area contributed by atoms with Crippen LogP contribution in [0.15, 0.2) is 95.4 Å². The largest absolute Gasteiger partial charge is 0.464 e. The number of alkyl halides is 3. The van der Waals surface area contributed by atoms with Gasteiger partial charge in [0.15, 0.2) is 5.89 Å². The molecule has 221 valence electrons. The fourth-order valence-corrected chi connectivity index (χ4v) is 4.08. The third kappa shape index (κ3) is 8.94. The van der Waals surface area contributed by atoms with Gasteiger partial charge in [-0.15, -0.1) is 29.4 Å². The molecule has 9 heteroatoms. The van der Waals surface area contributed by atoms with Crippen LogP contribution in [0.2, 0.25) is 0 Å². The van der Waals surface area contributed by atoms with Gasteiger partial charge in [0, 0.05) is 25.7 Å². The van der Waals surface area contributed by atoms with Gasteiger partial charge in [-0.1, -0.05) is 82.9 Å². The standard InChI is InChI=1S/C28H18F3N2O.C5H12O2.Ir/c1-18-2-4-19(5-3-18)20-6-10-23(11-7-20)26-32-33-27(34-26)24-12-8-21(9-13-24)22-14-16-25(17-15-22)28(29,30)31;1-4(6)3-5(2)7;/h2-12,14-17H,1H3;4-7H,3H2,1-2H3;/q-1;;. The van der Waals surface area contributed by atoms with Gasteiger partial charge in [0.2, 0.25) is 5.89 Å². The molecule has 0 bridgehead atoms. The summed E-state index contributed by atoms with van der Waals surface area (Å²) >= 11 is 0. The number of aromatic nitrogens is 2. The number of nitrogens with zero attached hydrogens (tertiary/aromatic N) is 2. The van der Waals surface area contributed by atoms with Gasteiger partial charge < -0.3 is 14.6 Å². The number of benzene rings is 4. The number of aryl methyl sites for hydroxylation is 1. The Kier molecular flexibility index (Phi) is 11.4. The minimum Gasteiger partial charge on any atom is -0.464 e. The SMILES string of the molecule is CC(O)CC(C)O.Cc1ccc(-c2ccc(-c3nnc(-c4[c-]cc(-c5ccc(C(F)(F)F)cc5)cc4)o3)cc2)cc1.[Ir]. The molecule has 0 amide bonds. The summed E-state index contributed by atoms with van der Waals surface area (Å²) in [5.74, 6) is 0.710. The molecule has 2 N–H and O–H groups in total. The number of hydrogen-bond donors (Lipinski definition) is 2. The maximum atomic E-state index is 12.8. The Labute approximate surface area is 256 Å². The molecule has 5 aromatic rings. The van der Waals surface area contributed by atoms with Crippen LogP contribution < -0.4 is 0 Å². The van der Waals surface area contributed by atoms with Crippen LogP contribution in [0.5, 0.6) is 0 Å². The van der Waals surface area contributed by atoms with E-state index in [1.807, 2.05) is 24.3 Å². The van der Waals surface area contributed by atoms with Crippen molar-refractivity contribution in [1.82, 2.24) is 10.2 Å². The van der Waals surface area contributed by atoms with E-state index in [2.05, 4.69) is 47.5 Å². The fourth-order valence-electron chi connectivity index (χ4n) is 4.08. The van der Waals surface area contributed by atoms with Crippen molar-refractivity contribution in [3.8, 4) is 45.2 Å². The average Bonchev–Trinajstić information content (AvgIpc) is 3.43. The van der Waals surface area contributed by atoms with E-state index in [0.717, 1.165) is 34.4 Å². The van der Waals surface area contributed by atoms with Crippen LogP contribution in [0.1, 0.15) is 31.4 Å². The zero-order chi connectivity index (χ0) is 29.6. The minimum atomic E-state index is -4.36. The van der Waals surface area contributed by atoms with Crippen LogP contribution in [0.25, 0.3) is 45.2 Å². The topological polar surface area (TPSA) is 79.4 Å². The normalized spacial score (nSPS) is 12.5. The van der Waals surface area contributed by atoms with Gasteiger partial charge in [0.1, 0.15) is 0 Å². The molecule has 2 atom stereocenters. The third-order valence-electron chi connectivity index (χ3n) is 6.21. The number of hydrogen-bond acceptors (Lipinski definition) is 5. The van der Waals surface area contributed by atoms with Crippen molar-refractivity contribution >= 4 is 0 Å². The molecule has 0 aliphatic heterocycles. The van der Waals surface area contributed by atoms with E-state index in [1.54, 1.807) is 32.0 Å². The third-order valence-corrected chi connectivity index (χ3v) is 6.21. The molecule has 1 radical (unpaired) electrons. The monoisotopic (exact) mass is 752 g/mol. The van der Waals surface area contributed by atoms with E-state index in [-0.39, 0.29) is 32.3 Å². The Hall–Kier alpha value is -3.62. The second kappa shape index (κ2) is 14.5. The summed E-state index contributed by atoms with van der Waals surface area (Å²) in [6.07, 6.45) is -4.63. The summed E-state index contributed by atoms with van der Waals surface area (Å²) in [6, 6.07) is 29.5. The molecule has 5 nitrogen and oxygen atoms in total. The van der Waals surface area contributed by atoms with Gasteiger partial charge in [-0.05, 0) is 50.5 Å². The molecule has 42 heavy (non-hydrogen) atoms. The van der Waals surface area contributed by atoms with Gasteiger partial charge in [-0.2, -0.15) is 18.3 Å². The van der Waals surface area contributed by atoms with E-state index in [1.165, 1.54) is 17.7 Å². The molecule has 0 spiro atoms. The molecule has 0 saturated carbocycles. The number of aliphatic hydroxyl groups excluding tert-OH is 2. The zero-order valence-electron chi connectivity index (χ0n) is 23.2. The zero-order valence-corrected chi connectivity index (χ0v) is 25.6. The van der Waals surface area contributed by atoms with Gasteiger partial charge in [0.05, 0.1) is 17.8 Å². The van der Waals surface area contributed by atoms with Crippen molar-refractivity contribution in [2.45, 2.75) is 45.6 Å². The van der Waals surface area contributed by atoms with Crippen molar-refractivity contribution in [1.29, 1.82) is 0 Å². The molecule has 1 heterocycles.